The molecule has 1 saturated heterocycles. The third kappa shape index (κ3) is 2.32. The molecule has 1 aromatic heterocycles. The van der Waals surface area contributed by atoms with Gasteiger partial charge in [0.25, 0.3) is 5.91 Å². The van der Waals surface area contributed by atoms with E-state index >= 15 is 0 Å². The predicted octanol–water partition coefficient (Wildman–Crippen LogP) is -0.810. The number of nitrogens with zero attached hydrogens (tertiary/aromatic N) is 3. The van der Waals surface area contributed by atoms with Crippen LogP contribution in [0.4, 0.5) is 5.82 Å². The van der Waals surface area contributed by atoms with Crippen molar-refractivity contribution in [1.29, 1.82) is 0 Å². The highest BCUT2D eigenvalue weighted by Gasteiger charge is 2.54. The Kier molecular flexibility index (Phi) is 3.51. The van der Waals surface area contributed by atoms with E-state index in [1.807, 2.05) is 0 Å². The first kappa shape index (κ1) is 15.0. The number of nitrogens with two attached hydrogens (primary N) is 1. The van der Waals surface area contributed by atoms with Crippen molar-refractivity contribution in [2.45, 2.75) is 19.1 Å². The Labute approximate surface area is 132 Å². The molecule has 8 heteroatoms. The van der Waals surface area contributed by atoms with Crippen LogP contribution in [0.15, 0.2) is 36.3 Å². The van der Waals surface area contributed by atoms with Gasteiger partial charge in [0.15, 0.2) is 0 Å². The van der Waals surface area contributed by atoms with Gasteiger partial charge < -0.3 is 16.0 Å². The summed E-state index contributed by atoms with van der Waals surface area (Å²) >= 11 is 0. The number of ketones is 1. The first-order valence-electron chi connectivity index (χ1n) is 7.16. The Hall–Kier alpha value is -2.90. The molecule has 3 atom stereocenters. The fourth-order valence-corrected chi connectivity index (χ4v) is 3.16. The number of hydrogen-bond donors (Lipinski definition) is 2. The summed E-state index contributed by atoms with van der Waals surface area (Å²) in [5.41, 5.74) is 5.53. The second kappa shape index (κ2) is 5.38. The van der Waals surface area contributed by atoms with E-state index in [9.17, 15) is 14.4 Å². The molecule has 1 fully saturated rings. The Morgan fingerprint density at radius 1 is 1.35 bits per heavy atom. The fraction of sp³-hybridized carbons (Fsp3) is 0.333. The average Bonchev–Trinajstić information content (AvgIpc) is 2.80. The van der Waals surface area contributed by atoms with Gasteiger partial charge in [-0.2, -0.15) is 0 Å². The van der Waals surface area contributed by atoms with Crippen LogP contribution in [-0.2, 0) is 14.4 Å². The summed E-state index contributed by atoms with van der Waals surface area (Å²) in [6.45, 7) is 1.39. The number of rotatable bonds is 3. The third-order valence-electron chi connectivity index (χ3n) is 4.15. The standard InChI is InChI=1S/C15H17N5O3/c1-8(21)11-12-14(18-9(13(16)22)7-19(12)2)20(15(11)23)10-5-3-4-6-17-10/h3-7,11-12,14,18H,1-2H3,(H2,16,22)/t11?,12-,14+/m0/s1. The van der Waals surface area contributed by atoms with Crippen LogP contribution in [0.25, 0.3) is 0 Å². The molecule has 2 aliphatic rings. The Bertz CT molecular complexity index is 702. The summed E-state index contributed by atoms with van der Waals surface area (Å²) in [6, 6.07) is 4.73. The summed E-state index contributed by atoms with van der Waals surface area (Å²) in [5.74, 6) is -1.61. The van der Waals surface area contributed by atoms with Crippen LogP contribution in [0.3, 0.4) is 0 Å². The number of carbonyl (C=O) groups is 3. The van der Waals surface area contributed by atoms with Gasteiger partial charge in [-0.3, -0.25) is 19.3 Å². The van der Waals surface area contributed by atoms with E-state index in [0.29, 0.717) is 5.82 Å². The van der Waals surface area contributed by atoms with Gasteiger partial charge in [-0.1, -0.05) is 6.07 Å². The molecule has 23 heavy (non-hydrogen) atoms. The van der Waals surface area contributed by atoms with E-state index in [-0.39, 0.29) is 17.4 Å². The number of likely N-dealkylation sites (N-methyl/N-ethyl adjacent to an activating group) is 1. The monoisotopic (exact) mass is 315 g/mol. The minimum Gasteiger partial charge on any atom is -0.370 e. The zero-order valence-electron chi connectivity index (χ0n) is 12.8. The van der Waals surface area contributed by atoms with E-state index in [0.717, 1.165) is 0 Å². The van der Waals surface area contributed by atoms with Crippen LogP contribution in [0.5, 0.6) is 0 Å². The highest BCUT2D eigenvalue weighted by Crippen LogP contribution is 2.34. The summed E-state index contributed by atoms with van der Waals surface area (Å²) in [5, 5.41) is 2.97. The Morgan fingerprint density at radius 2 is 2.09 bits per heavy atom. The molecule has 8 nitrogen and oxygen atoms in total. The number of pyridine rings is 1. The summed E-state index contributed by atoms with van der Waals surface area (Å²) in [6.07, 6.45) is 2.49. The second-order valence-corrected chi connectivity index (χ2v) is 5.64. The molecule has 120 valence electrons. The van der Waals surface area contributed by atoms with Crippen molar-refractivity contribution in [3.05, 3.63) is 36.3 Å². The molecule has 0 aliphatic carbocycles. The van der Waals surface area contributed by atoms with Crippen molar-refractivity contribution in [2.75, 3.05) is 11.9 Å². The van der Waals surface area contributed by atoms with E-state index < -0.39 is 24.0 Å². The molecule has 0 saturated carbocycles. The molecule has 0 radical (unpaired) electrons. The summed E-state index contributed by atoms with van der Waals surface area (Å²) in [7, 11) is 1.71. The lowest BCUT2D eigenvalue weighted by atomic mass is 9.95. The molecule has 3 N–H and O–H groups in total. The third-order valence-corrected chi connectivity index (χ3v) is 4.15. The quantitative estimate of drug-likeness (QED) is 0.706. The molecule has 0 spiro atoms. The Balaban J connectivity index is 2.08. The smallest absolute Gasteiger partial charge is 0.266 e. The number of Topliss-reactive ketones (excluding diaryl/α,β-unsaturated/α-hetero) is 1. The maximum absolute atomic E-state index is 12.8. The van der Waals surface area contributed by atoms with Crippen molar-refractivity contribution in [1.82, 2.24) is 15.2 Å². The second-order valence-electron chi connectivity index (χ2n) is 5.64. The lowest BCUT2D eigenvalue weighted by Crippen LogP contribution is -2.57. The highest BCUT2D eigenvalue weighted by atomic mass is 16.2. The average molecular weight is 315 g/mol. The van der Waals surface area contributed by atoms with Crippen LogP contribution in [0.2, 0.25) is 0 Å². The highest BCUT2D eigenvalue weighted by molar-refractivity contribution is 6.11. The zero-order valence-corrected chi connectivity index (χ0v) is 12.8. The number of carbonyl (C=O) groups excluding carboxylic acids is 3. The van der Waals surface area contributed by atoms with Gasteiger partial charge >= 0.3 is 0 Å². The maximum Gasteiger partial charge on any atom is 0.266 e. The zero-order chi connectivity index (χ0) is 16.7. The van der Waals surface area contributed by atoms with Gasteiger partial charge in [-0.25, -0.2) is 4.98 Å². The van der Waals surface area contributed by atoms with E-state index in [2.05, 4.69) is 10.3 Å². The summed E-state index contributed by atoms with van der Waals surface area (Å²) < 4.78 is 0. The number of aromatic nitrogens is 1. The minimum absolute atomic E-state index is 0.187. The maximum atomic E-state index is 12.8. The molecule has 2 aliphatic heterocycles. The molecular formula is C15H17N5O3. The molecule has 3 rings (SSSR count). The van der Waals surface area contributed by atoms with Gasteiger partial charge in [0.05, 0.1) is 6.04 Å². The van der Waals surface area contributed by atoms with Crippen LogP contribution in [0, 0.1) is 5.92 Å². The van der Waals surface area contributed by atoms with Crippen molar-refractivity contribution >= 4 is 23.4 Å². The SMILES string of the molecule is CC(=O)C1C(=O)N(c2ccccn2)[C@H]2NC(C(N)=O)=CN(C)[C@@H]12. The molecule has 2 amide bonds. The topological polar surface area (TPSA) is 109 Å². The van der Waals surface area contributed by atoms with Crippen LogP contribution < -0.4 is 16.0 Å². The molecule has 0 aromatic carbocycles. The molecular weight excluding hydrogens is 298 g/mol. The Morgan fingerprint density at radius 3 is 2.65 bits per heavy atom. The lowest BCUT2D eigenvalue weighted by molar-refractivity contribution is -0.130. The number of nitrogens with one attached hydrogen (secondary N) is 1. The fourth-order valence-electron chi connectivity index (χ4n) is 3.16. The van der Waals surface area contributed by atoms with Crippen LogP contribution in [0.1, 0.15) is 6.92 Å². The van der Waals surface area contributed by atoms with E-state index in [4.69, 9.17) is 5.73 Å². The lowest BCUT2D eigenvalue weighted by Gasteiger charge is -2.38. The normalized spacial score (nSPS) is 26.4. The first-order valence-corrected chi connectivity index (χ1v) is 7.16. The molecule has 1 unspecified atom stereocenters. The van der Waals surface area contributed by atoms with Crippen LogP contribution >= 0.6 is 0 Å². The van der Waals surface area contributed by atoms with Gasteiger partial charge in [0, 0.05) is 19.4 Å². The van der Waals surface area contributed by atoms with E-state index in [1.165, 1.54) is 18.0 Å². The van der Waals surface area contributed by atoms with Crippen molar-refractivity contribution in [3.8, 4) is 0 Å². The largest absolute Gasteiger partial charge is 0.370 e. The molecule has 3 heterocycles. The number of primary amides is 1. The molecule has 0 bridgehead atoms. The molecule has 1 aromatic rings. The van der Waals surface area contributed by atoms with Gasteiger partial charge in [-0.05, 0) is 19.1 Å². The predicted molar refractivity (Wildman–Crippen MR) is 81.6 cm³/mol. The van der Waals surface area contributed by atoms with Crippen molar-refractivity contribution in [2.24, 2.45) is 11.7 Å². The number of hydrogen-bond acceptors (Lipinski definition) is 6. The van der Waals surface area contributed by atoms with E-state index in [1.54, 1.807) is 36.3 Å². The van der Waals surface area contributed by atoms with Gasteiger partial charge in [-0.15, -0.1) is 0 Å². The minimum atomic E-state index is -0.829. The van der Waals surface area contributed by atoms with Gasteiger partial charge in [0.1, 0.15) is 29.4 Å². The summed E-state index contributed by atoms with van der Waals surface area (Å²) in [4.78, 5) is 43.6. The van der Waals surface area contributed by atoms with Gasteiger partial charge in [0.2, 0.25) is 5.91 Å². The van der Waals surface area contributed by atoms with Crippen LogP contribution in [-0.4, -0.2) is 46.7 Å². The number of anilines is 1. The first-order chi connectivity index (χ1) is 10.9. The number of fused-ring (bicyclic) bond motifs is 1. The number of amides is 2. The van der Waals surface area contributed by atoms with Crippen molar-refractivity contribution < 1.29 is 14.4 Å². The van der Waals surface area contributed by atoms with Crippen molar-refractivity contribution in [3.63, 3.8) is 0 Å².